The number of nitrogens with zero attached hydrogens (tertiary/aromatic N) is 1. The first-order valence-electron chi connectivity index (χ1n) is 6.67. The van der Waals surface area contributed by atoms with Gasteiger partial charge in [0.15, 0.2) is 0 Å². The molecule has 1 aromatic carbocycles. The topological polar surface area (TPSA) is 51.1 Å². The Labute approximate surface area is 129 Å². The SMILES string of the molecule is CCCn1c(=O)sc2cc(NC(=O)c3cccs3)ccc21. The molecule has 0 fully saturated rings. The molecular formula is C15H14N2O2S2. The van der Waals surface area contributed by atoms with Crippen LogP contribution in [-0.4, -0.2) is 10.5 Å². The first-order chi connectivity index (χ1) is 10.2. The average Bonchev–Trinajstić information content (AvgIpc) is 3.08. The summed E-state index contributed by atoms with van der Waals surface area (Å²) in [7, 11) is 0. The molecule has 0 aliphatic rings. The van der Waals surface area contributed by atoms with Crippen LogP contribution in [0.1, 0.15) is 23.0 Å². The van der Waals surface area contributed by atoms with Gasteiger partial charge in [-0.25, -0.2) is 0 Å². The van der Waals surface area contributed by atoms with Crippen molar-refractivity contribution < 1.29 is 4.79 Å². The van der Waals surface area contributed by atoms with Crippen LogP contribution >= 0.6 is 22.7 Å². The van der Waals surface area contributed by atoms with E-state index in [1.807, 2.05) is 36.6 Å². The van der Waals surface area contributed by atoms with Crippen molar-refractivity contribution in [2.24, 2.45) is 0 Å². The summed E-state index contributed by atoms with van der Waals surface area (Å²) < 4.78 is 2.68. The van der Waals surface area contributed by atoms with Gasteiger partial charge < -0.3 is 5.32 Å². The number of rotatable bonds is 4. The minimum atomic E-state index is -0.121. The van der Waals surface area contributed by atoms with Crippen molar-refractivity contribution in [1.29, 1.82) is 0 Å². The maximum absolute atomic E-state index is 12.0. The Hall–Kier alpha value is -1.92. The molecule has 108 valence electrons. The summed E-state index contributed by atoms with van der Waals surface area (Å²) in [6.07, 6.45) is 0.919. The average molecular weight is 318 g/mol. The molecule has 1 N–H and O–H groups in total. The van der Waals surface area contributed by atoms with Gasteiger partial charge in [-0.3, -0.25) is 14.2 Å². The maximum Gasteiger partial charge on any atom is 0.308 e. The molecule has 4 nitrogen and oxygen atoms in total. The van der Waals surface area contributed by atoms with Crippen molar-refractivity contribution in [1.82, 2.24) is 4.57 Å². The molecule has 0 saturated carbocycles. The highest BCUT2D eigenvalue weighted by Crippen LogP contribution is 2.23. The maximum atomic E-state index is 12.0. The first kappa shape index (κ1) is 14.0. The fraction of sp³-hybridized carbons (Fsp3) is 0.200. The van der Waals surface area contributed by atoms with Crippen molar-refractivity contribution in [3.05, 3.63) is 50.3 Å². The van der Waals surface area contributed by atoms with Crippen LogP contribution < -0.4 is 10.2 Å². The molecule has 3 aromatic rings. The van der Waals surface area contributed by atoms with Crippen LogP contribution in [0.3, 0.4) is 0 Å². The number of hydrogen-bond donors (Lipinski definition) is 1. The largest absolute Gasteiger partial charge is 0.321 e. The molecule has 2 heterocycles. The Bertz CT molecular complexity index is 831. The number of thiazole rings is 1. The molecule has 0 unspecified atom stereocenters. The van der Waals surface area contributed by atoms with Crippen LogP contribution in [0.5, 0.6) is 0 Å². The summed E-state index contributed by atoms with van der Waals surface area (Å²) in [5.74, 6) is -0.121. The number of thiophene rings is 1. The highest BCUT2D eigenvalue weighted by molar-refractivity contribution is 7.16. The minimum Gasteiger partial charge on any atom is -0.321 e. The lowest BCUT2D eigenvalue weighted by atomic mass is 10.3. The van der Waals surface area contributed by atoms with Crippen molar-refractivity contribution in [3.63, 3.8) is 0 Å². The number of amides is 1. The predicted octanol–water partition coefficient (Wildman–Crippen LogP) is 3.79. The van der Waals surface area contributed by atoms with Gasteiger partial charge in [0.1, 0.15) is 0 Å². The third-order valence-corrected chi connectivity index (χ3v) is 4.93. The van der Waals surface area contributed by atoms with E-state index < -0.39 is 0 Å². The normalized spacial score (nSPS) is 10.9. The van der Waals surface area contributed by atoms with Gasteiger partial charge in [-0.1, -0.05) is 24.3 Å². The number of hydrogen-bond acceptors (Lipinski definition) is 4. The minimum absolute atomic E-state index is 0.0496. The van der Waals surface area contributed by atoms with Crippen LogP contribution in [0.4, 0.5) is 5.69 Å². The van der Waals surface area contributed by atoms with Gasteiger partial charge in [-0.05, 0) is 36.1 Å². The summed E-state index contributed by atoms with van der Waals surface area (Å²) in [6.45, 7) is 2.77. The Kier molecular flexibility index (Phi) is 3.90. The summed E-state index contributed by atoms with van der Waals surface area (Å²) in [4.78, 5) is 24.7. The van der Waals surface area contributed by atoms with E-state index in [0.717, 1.165) is 23.2 Å². The zero-order valence-electron chi connectivity index (χ0n) is 11.5. The zero-order valence-corrected chi connectivity index (χ0v) is 13.1. The van der Waals surface area contributed by atoms with Gasteiger partial charge in [-0.2, -0.15) is 0 Å². The number of fused-ring (bicyclic) bond motifs is 1. The van der Waals surface area contributed by atoms with E-state index in [1.165, 1.54) is 22.7 Å². The third-order valence-electron chi connectivity index (χ3n) is 3.12. The van der Waals surface area contributed by atoms with Crippen molar-refractivity contribution in [2.45, 2.75) is 19.9 Å². The molecule has 6 heteroatoms. The number of benzene rings is 1. The van der Waals surface area contributed by atoms with E-state index in [9.17, 15) is 9.59 Å². The van der Waals surface area contributed by atoms with Crippen LogP contribution in [0.25, 0.3) is 10.2 Å². The Morgan fingerprint density at radius 2 is 2.19 bits per heavy atom. The summed E-state index contributed by atoms with van der Waals surface area (Å²) in [5, 5.41) is 4.73. The van der Waals surface area contributed by atoms with E-state index >= 15 is 0 Å². The second-order valence-electron chi connectivity index (χ2n) is 4.63. The molecule has 3 rings (SSSR count). The van der Waals surface area contributed by atoms with E-state index in [2.05, 4.69) is 5.32 Å². The number of aromatic nitrogens is 1. The van der Waals surface area contributed by atoms with Gasteiger partial charge >= 0.3 is 4.87 Å². The van der Waals surface area contributed by atoms with E-state index in [1.54, 1.807) is 10.6 Å². The van der Waals surface area contributed by atoms with Gasteiger partial charge in [0.25, 0.3) is 5.91 Å². The van der Waals surface area contributed by atoms with E-state index in [4.69, 9.17) is 0 Å². The lowest BCUT2D eigenvalue weighted by Gasteiger charge is -2.05. The highest BCUT2D eigenvalue weighted by Gasteiger charge is 2.10. The Morgan fingerprint density at radius 3 is 2.90 bits per heavy atom. The fourth-order valence-corrected chi connectivity index (χ4v) is 3.76. The number of aryl methyl sites for hydroxylation is 1. The molecule has 0 atom stereocenters. The van der Waals surface area contributed by atoms with Crippen LogP contribution in [0, 0.1) is 0 Å². The number of carbonyl (C=O) groups excluding carboxylic acids is 1. The van der Waals surface area contributed by atoms with Crippen LogP contribution in [-0.2, 0) is 6.54 Å². The van der Waals surface area contributed by atoms with Gasteiger partial charge in [-0.15, -0.1) is 11.3 Å². The van der Waals surface area contributed by atoms with Crippen molar-refractivity contribution >= 4 is 44.5 Å². The van der Waals surface area contributed by atoms with Crippen molar-refractivity contribution in [2.75, 3.05) is 5.32 Å². The number of anilines is 1. The van der Waals surface area contributed by atoms with Crippen molar-refractivity contribution in [3.8, 4) is 0 Å². The second-order valence-corrected chi connectivity index (χ2v) is 6.57. The zero-order chi connectivity index (χ0) is 14.8. The quantitative estimate of drug-likeness (QED) is 0.796. The molecule has 0 spiro atoms. The van der Waals surface area contributed by atoms with Gasteiger partial charge in [0.05, 0.1) is 15.1 Å². The predicted molar refractivity (Wildman–Crippen MR) is 88.6 cm³/mol. The second kappa shape index (κ2) is 5.83. The molecule has 0 radical (unpaired) electrons. The standard InChI is InChI=1S/C15H14N2O2S2/c1-2-7-17-11-6-5-10(9-13(11)21-15(17)19)16-14(18)12-4-3-8-20-12/h3-6,8-9H,2,7H2,1H3,(H,16,18). The lowest BCUT2D eigenvalue weighted by molar-refractivity contribution is 0.103. The summed E-state index contributed by atoms with van der Waals surface area (Å²) in [5.41, 5.74) is 1.65. The van der Waals surface area contributed by atoms with E-state index in [0.29, 0.717) is 10.6 Å². The molecule has 0 aliphatic heterocycles. The van der Waals surface area contributed by atoms with Gasteiger partial charge in [0, 0.05) is 12.2 Å². The Balaban J connectivity index is 1.91. The molecule has 0 aliphatic carbocycles. The lowest BCUT2D eigenvalue weighted by Crippen LogP contribution is -2.12. The first-order valence-corrected chi connectivity index (χ1v) is 8.37. The summed E-state index contributed by atoms with van der Waals surface area (Å²) in [6, 6.07) is 9.23. The summed E-state index contributed by atoms with van der Waals surface area (Å²) >= 11 is 2.62. The van der Waals surface area contributed by atoms with Crippen LogP contribution in [0.15, 0.2) is 40.5 Å². The molecule has 0 bridgehead atoms. The molecule has 0 saturated heterocycles. The molecular weight excluding hydrogens is 304 g/mol. The number of nitrogens with one attached hydrogen (secondary N) is 1. The monoisotopic (exact) mass is 318 g/mol. The van der Waals surface area contributed by atoms with E-state index in [-0.39, 0.29) is 10.8 Å². The van der Waals surface area contributed by atoms with Crippen LogP contribution in [0.2, 0.25) is 0 Å². The fourth-order valence-electron chi connectivity index (χ4n) is 2.18. The third kappa shape index (κ3) is 2.77. The molecule has 1 amide bonds. The number of carbonyl (C=O) groups is 1. The molecule has 21 heavy (non-hydrogen) atoms. The molecule has 2 aromatic heterocycles. The highest BCUT2D eigenvalue weighted by atomic mass is 32.1. The Morgan fingerprint density at radius 1 is 1.33 bits per heavy atom. The smallest absolute Gasteiger partial charge is 0.308 e. The van der Waals surface area contributed by atoms with Gasteiger partial charge in [0.2, 0.25) is 0 Å².